The van der Waals surface area contributed by atoms with Gasteiger partial charge in [-0.15, -0.1) is 0 Å². The number of nitrogen functional groups attached to an aromatic ring is 1. The molecule has 1 fully saturated rings. The van der Waals surface area contributed by atoms with E-state index in [0.717, 1.165) is 12.0 Å². The van der Waals surface area contributed by atoms with Crippen molar-refractivity contribution < 1.29 is 22.9 Å². The van der Waals surface area contributed by atoms with Gasteiger partial charge in [-0.2, -0.15) is 0 Å². The van der Waals surface area contributed by atoms with E-state index in [0.29, 0.717) is 54.3 Å². The highest BCUT2D eigenvalue weighted by Gasteiger charge is 2.39. The zero-order valence-corrected chi connectivity index (χ0v) is 27.6. The fourth-order valence-electron chi connectivity index (χ4n) is 5.60. The van der Waals surface area contributed by atoms with E-state index in [2.05, 4.69) is 35.4 Å². The number of carbonyl (C=O) groups excluding carboxylic acids is 1. The lowest BCUT2D eigenvalue weighted by Gasteiger charge is -2.34. The third kappa shape index (κ3) is 7.82. The van der Waals surface area contributed by atoms with Crippen LogP contribution in [0.2, 0.25) is 0 Å². The Morgan fingerprint density at radius 3 is 2.52 bits per heavy atom. The van der Waals surface area contributed by atoms with Gasteiger partial charge in [0.25, 0.3) is 5.91 Å². The zero-order chi connectivity index (χ0) is 33.0. The maximum atomic E-state index is 14.7. The molecule has 46 heavy (non-hydrogen) atoms. The van der Waals surface area contributed by atoms with Crippen molar-refractivity contribution in [2.45, 2.75) is 58.2 Å². The Kier molecular flexibility index (Phi) is 9.91. The molecule has 9 nitrogen and oxygen atoms in total. The fraction of sp³-hybridized carbons (Fsp3) is 0.343. The van der Waals surface area contributed by atoms with Gasteiger partial charge in [0.05, 0.1) is 17.9 Å². The molecule has 4 aromatic rings. The number of aromatic nitrogens is 2. The lowest BCUT2D eigenvalue weighted by molar-refractivity contribution is 0.0983. The Labute approximate surface area is 271 Å². The molecular weight excluding hydrogens is 605 g/mol. The molecule has 242 valence electrons. The lowest BCUT2D eigenvalue weighted by atomic mass is 9.97. The second-order valence-electron chi connectivity index (χ2n) is 12.7. The van der Waals surface area contributed by atoms with E-state index in [1.165, 1.54) is 18.2 Å². The van der Waals surface area contributed by atoms with E-state index in [1.807, 2.05) is 44.2 Å². The summed E-state index contributed by atoms with van der Waals surface area (Å²) in [4.78, 5) is 24.9. The van der Waals surface area contributed by atoms with Crippen LogP contribution in [0.5, 0.6) is 11.5 Å². The molecule has 3 heterocycles. The van der Waals surface area contributed by atoms with E-state index >= 15 is 0 Å². The van der Waals surface area contributed by atoms with E-state index < -0.39 is 22.7 Å². The summed E-state index contributed by atoms with van der Waals surface area (Å²) in [6.07, 6.45) is 0.890. The van der Waals surface area contributed by atoms with Crippen molar-refractivity contribution in [3.05, 3.63) is 89.7 Å². The Hall–Kier alpha value is -4.51. The minimum atomic E-state index is -2.02. The number of nitrogens with zero attached hydrogens (tertiary/aromatic N) is 3. The predicted molar refractivity (Wildman–Crippen MR) is 178 cm³/mol. The van der Waals surface area contributed by atoms with Gasteiger partial charge in [0.2, 0.25) is 0 Å². The number of amides is 1. The molecule has 3 N–H and O–H groups in total. The molecular formula is C35H40FN5O4S. The number of halogens is 1. The van der Waals surface area contributed by atoms with E-state index in [9.17, 15) is 13.4 Å². The minimum Gasteiger partial charge on any atom is -0.493 e. The third-order valence-electron chi connectivity index (χ3n) is 7.67. The molecule has 0 radical (unpaired) electrons. The highest BCUT2D eigenvalue weighted by molar-refractivity contribution is 7.83. The predicted octanol–water partition coefficient (Wildman–Crippen LogP) is 6.56. The first-order valence-electron chi connectivity index (χ1n) is 15.3. The molecule has 1 unspecified atom stereocenters. The number of rotatable bonds is 11. The number of pyridine rings is 2. The number of hydrogen-bond acceptors (Lipinski definition) is 8. The smallest absolute Gasteiger partial charge is 0.267 e. The normalized spacial score (nSPS) is 16.3. The summed E-state index contributed by atoms with van der Waals surface area (Å²) < 4.78 is 42.1. The molecule has 1 aliphatic heterocycles. The van der Waals surface area contributed by atoms with Crippen LogP contribution >= 0.6 is 0 Å². The SMILES string of the molecule is CC(C)COc1cc(F)cc(-c2ccc(C(=O)NS(=O)c3ccc(OCc4ccccc4)c(N)n3)c(N3C[C@@H](C)CC3(C)C)n2)c1. The number of benzene rings is 2. The molecule has 11 heteroatoms. The number of nitrogens with one attached hydrogen (secondary N) is 1. The second-order valence-corrected chi connectivity index (χ2v) is 13.8. The monoisotopic (exact) mass is 645 g/mol. The number of anilines is 2. The van der Waals surface area contributed by atoms with Crippen LogP contribution in [0.3, 0.4) is 0 Å². The highest BCUT2D eigenvalue weighted by Crippen LogP contribution is 2.38. The van der Waals surface area contributed by atoms with Gasteiger partial charge >= 0.3 is 0 Å². The molecule has 2 aromatic heterocycles. The maximum absolute atomic E-state index is 14.7. The van der Waals surface area contributed by atoms with Gasteiger partial charge in [-0.25, -0.2) is 18.6 Å². The van der Waals surface area contributed by atoms with Crippen molar-refractivity contribution in [3.63, 3.8) is 0 Å². The molecule has 2 aromatic carbocycles. The van der Waals surface area contributed by atoms with E-state index in [4.69, 9.17) is 20.2 Å². The van der Waals surface area contributed by atoms with Crippen LogP contribution in [0.25, 0.3) is 11.3 Å². The molecule has 0 bridgehead atoms. The first-order chi connectivity index (χ1) is 21.9. The third-order valence-corrected chi connectivity index (χ3v) is 8.65. The van der Waals surface area contributed by atoms with Crippen LogP contribution in [0.15, 0.2) is 77.8 Å². The van der Waals surface area contributed by atoms with Crippen molar-refractivity contribution in [1.29, 1.82) is 0 Å². The largest absolute Gasteiger partial charge is 0.493 e. The van der Waals surface area contributed by atoms with Gasteiger partial charge in [-0.3, -0.25) is 9.52 Å². The van der Waals surface area contributed by atoms with Crippen molar-refractivity contribution >= 4 is 28.5 Å². The average Bonchev–Trinajstić information content (AvgIpc) is 3.30. The summed E-state index contributed by atoms with van der Waals surface area (Å²) in [5.74, 6) is 0.820. The number of nitrogens with two attached hydrogens (primary N) is 1. The van der Waals surface area contributed by atoms with Gasteiger partial charge < -0.3 is 20.1 Å². The second kappa shape index (κ2) is 13.9. The van der Waals surface area contributed by atoms with Crippen molar-refractivity contribution in [1.82, 2.24) is 14.7 Å². The Bertz CT molecular complexity index is 1730. The van der Waals surface area contributed by atoms with Crippen molar-refractivity contribution in [2.75, 3.05) is 23.8 Å². The van der Waals surface area contributed by atoms with Crippen LogP contribution < -0.4 is 24.8 Å². The fourth-order valence-corrected chi connectivity index (χ4v) is 6.36. The quantitative estimate of drug-likeness (QED) is 0.188. The lowest BCUT2D eigenvalue weighted by Crippen LogP contribution is -2.40. The molecule has 1 saturated heterocycles. The Morgan fingerprint density at radius 1 is 1.09 bits per heavy atom. The molecule has 0 aliphatic carbocycles. The first-order valence-corrected chi connectivity index (χ1v) is 16.4. The summed E-state index contributed by atoms with van der Waals surface area (Å²) in [7, 11) is -2.02. The van der Waals surface area contributed by atoms with Gasteiger partial charge in [0.15, 0.2) is 27.6 Å². The Balaban J connectivity index is 1.40. The highest BCUT2D eigenvalue weighted by atomic mass is 32.2. The number of hydrogen-bond donors (Lipinski definition) is 2. The van der Waals surface area contributed by atoms with Crippen LogP contribution in [-0.4, -0.2) is 38.8 Å². The van der Waals surface area contributed by atoms with E-state index in [-0.39, 0.29) is 27.9 Å². The Morgan fingerprint density at radius 2 is 1.85 bits per heavy atom. The van der Waals surface area contributed by atoms with Crippen molar-refractivity contribution in [3.8, 4) is 22.8 Å². The number of ether oxygens (including phenoxy) is 2. The van der Waals surface area contributed by atoms with Gasteiger partial charge in [-0.1, -0.05) is 51.1 Å². The van der Waals surface area contributed by atoms with Crippen LogP contribution in [-0.2, 0) is 17.6 Å². The number of carbonyl (C=O) groups is 1. The topological polar surface area (TPSA) is 120 Å². The first kappa shape index (κ1) is 32.9. The summed E-state index contributed by atoms with van der Waals surface area (Å²) >= 11 is 0. The summed E-state index contributed by atoms with van der Waals surface area (Å²) in [6, 6.07) is 20.5. The van der Waals surface area contributed by atoms with Gasteiger partial charge in [0.1, 0.15) is 24.0 Å². The molecule has 1 amide bonds. The van der Waals surface area contributed by atoms with Crippen LogP contribution in [0, 0.1) is 17.7 Å². The molecule has 1 aliphatic rings. The average molecular weight is 646 g/mol. The summed E-state index contributed by atoms with van der Waals surface area (Å²) in [5.41, 5.74) is 8.01. The molecule has 5 rings (SSSR count). The van der Waals surface area contributed by atoms with Crippen LogP contribution in [0.1, 0.15) is 57.0 Å². The zero-order valence-electron chi connectivity index (χ0n) is 26.7. The van der Waals surface area contributed by atoms with Crippen molar-refractivity contribution in [2.24, 2.45) is 11.8 Å². The molecule has 0 spiro atoms. The van der Waals surface area contributed by atoms with E-state index in [1.54, 1.807) is 24.3 Å². The van der Waals surface area contributed by atoms with Gasteiger partial charge in [0, 0.05) is 23.7 Å². The molecule has 2 atom stereocenters. The summed E-state index contributed by atoms with van der Waals surface area (Å²) in [6.45, 7) is 11.8. The maximum Gasteiger partial charge on any atom is 0.267 e. The van der Waals surface area contributed by atoms with Gasteiger partial charge in [-0.05, 0) is 74.1 Å². The summed E-state index contributed by atoms with van der Waals surface area (Å²) in [5, 5.41) is 0.0767. The van der Waals surface area contributed by atoms with Crippen LogP contribution in [0.4, 0.5) is 16.0 Å². The molecule has 0 saturated carbocycles. The minimum absolute atomic E-state index is 0.0578. The standard InChI is InChI=1S/C35H40FN5O4S/c1-22(2)20-44-27-16-25(15-26(36)17-27)29-12-11-28(33(38-29)41-19-23(3)18-35(41,4)5)34(42)40-46(43)31-14-13-30(32(37)39-31)45-21-24-9-7-6-8-10-24/h6-17,22-23H,18-21H2,1-5H3,(H2,37,39)(H,40,42)/t23-,46?/m0/s1.